The Morgan fingerprint density at radius 3 is 2.12 bits per heavy atom. The topological polar surface area (TPSA) is 40.6 Å². The fourth-order valence-electron chi connectivity index (χ4n) is 3.20. The molecule has 0 fully saturated rings. The summed E-state index contributed by atoms with van der Waals surface area (Å²) in [6, 6.07) is 13.2. The molecule has 0 saturated heterocycles. The molecular formula is C25H24F2N2O2S. The Bertz CT molecular complexity index is 1080. The summed E-state index contributed by atoms with van der Waals surface area (Å²) in [7, 11) is 0. The van der Waals surface area contributed by atoms with Crippen molar-refractivity contribution < 1.29 is 18.4 Å². The quantitative estimate of drug-likeness (QED) is 0.418. The summed E-state index contributed by atoms with van der Waals surface area (Å²) in [6.45, 7) is 6.33. The van der Waals surface area contributed by atoms with Gasteiger partial charge in [0.25, 0.3) is 5.91 Å². The second kappa shape index (κ2) is 10.8. The fourth-order valence-corrected chi connectivity index (χ4v) is 4.12. The second-order valence-electron chi connectivity index (χ2n) is 7.38. The van der Waals surface area contributed by atoms with Gasteiger partial charge in [0.2, 0.25) is 5.91 Å². The zero-order chi connectivity index (χ0) is 23.1. The first-order chi connectivity index (χ1) is 15.4. The molecule has 0 spiro atoms. The number of thiophene rings is 1. The molecule has 0 unspecified atom stereocenters. The normalized spacial score (nSPS) is 10.6. The molecule has 0 bridgehead atoms. The Morgan fingerprint density at radius 2 is 1.56 bits per heavy atom. The van der Waals surface area contributed by atoms with Gasteiger partial charge in [0.05, 0.1) is 6.54 Å². The predicted molar refractivity (Wildman–Crippen MR) is 122 cm³/mol. The van der Waals surface area contributed by atoms with Gasteiger partial charge in [-0.3, -0.25) is 9.59 Å². The van der Waals surface area contributed by atoms with E-state index in [1.807, 2.05) is 18.4 Å². The molecule has 32 heavy (non-hydrogen) atoms. The monoisotopic (exact) mass is 454 g/mol. The van der Waals surface area contributed by atoms with Gasteiger partial charge < -0.3 is 9.80 Å². The number of benzene rings is 2. The molecule has 0 atom stereocenters. The van der Waals surface area contributed by atoms with E-state index in [0.717, 1.165) is 16.0 Å². The molecule has 4 nitrogen and oxygen atoms in total. The molecule has 3 aromatic rings. The van der Waals surface area contributed by atoms with E-state index in [1.54, 1.807) is 34.4 Å². The summed E-state index contributed by atoms with van der Waals surface area (Å²) in [5.74, 6) is -1.42. The summed E-state index contributed by atoms with van der Waals surface area (Å²) in [6.07, 6.45) is 1.54. The van der Waals surface area contributed by atoms with Crippen LogP contribution in [0.3, 0.4) is 0 Å². The second-order valence-corrected chi connectivity index (χ2v) is 8.38. The maximum atomic E-state index is 13.3. The average Bonchev–Trinajstić information content (AvgIpc) is 3.18. The number of carbonyl (C=O) groups is 2. The maximum absolute atomic E-state index is 13.3. The van der Waals surface area contributed by atoms with Crippen molar-refractivity contribution in [2.45, 2.75) is 20.0 Å². The minimum Gasteiger partial charge on any atom is -0.332 e. The van der Waals surface area contributed by atoms with Gasteiger partial charge in [-0.1, -0.05) is 18.2 Å². The summed E-state index contributed by atoms with van der Waals surface area (Å²) < 4.78 is 26.6. The highest BCUT2D eigenvalue weighted by molar-refractivity contribution is 7.10. The zero-order valence-electron chi connectivity index (χ0n) is 17.8. The lowest BCUT2D eigenvalue weighted by molar-refractivity contribution is -0.133. The summed E-state index contributed by atoms with van der Waals surface area (Å²) in [5.41, 5.74) is 2.16. The fraction of sp³-hybridized carbons (Fsp3) is 0.200. The van der Waals surface area contributed by atoms with Gasteiger partial charge in [-0.05, 0) is 65.9 Å². The molecule has 0 aliphatic rings. The third-order valence-corrected chi connectivity index (χ3v) is 6.00. The van der Waals surface area contributed by atoms with Crippen LogP contribution in [0.25, 0.3) is 0 Å². The Balaban J connectivity index is 1.81. The van der Waals surface area contributed by atoms with Gasteiger partial charge in [0.1, 0.15) is 18.2 Å². The van der Waals surface area contributed by atoms with E-state index in [4.69, 9.17) is 0 Å². The van der Waals surface area contributed by atoms with Crippen LogP contribution in [0, 0.1) is 18.6 Å². The van der Waals surface area contributed by atoms with E-state index in [2.05, 4.69) is 6.58 Å². The van der Waals surface area contributed by atoms with Gasteiger partial charge in [0.15, 0.2) is 0 Å². The molecular weight excluding hydrogens is 430 g/mol. The van der Waals surface area contributed by atoms with E-state index in [9.17, 15) is 18.4 Å². The smallest absolute Gasteiger partial charge is 0.254 e. The first-order valence-corrected chi connectivity index (χ1v) is 11.0. The highest BCUT2D eigenvalue weighted by Crippen LogP contribution is 2.20. The number of carbonyl (C=O) groups excluding carboxylic acids is 2. The molecule has 0 N–H and O–H groups in total. The molecule has 0 saturated carbocycles. The van der Waals surface area contributed by atoms with Crippen LogP contribution in [0.15, 0.2) is 72.6 Å². The van der Waals surface area contributed by atoms with Crippen LogP contribution in [0.1, 0.15) is 26.4 Å². The number of hydrogen-bond donors (Lipinski definition) is 0. The number of rotatable bonds is 9. The lowest BCUT2D eigenvalue weighted by atomic mass is 10.1. The largest absolute Gasteiger partial charge is 0.332 e. The first-order valence-electron chi connectivity index (χ1n) is 10.1. The number of nitrogens with zero attached hydrogens (tertiary/aromatic N) is 2. The third kappa shape index (κ3) is 6.11. The molecule has 0 aliphatic carbocycles. The van der Waals surface area contributed by atoms with Crippen LogP contribution in [-0.4, -0.2) is 34.7 Å². The number of aryl methyl sites for hydroxylation is 1. The average molecular weight is 455 g/mol. The molecule has 3 rings (SSSR count). The van der Waals surface area contributed by atoms with Crippen molar-refractivity contribution in [1.82, 2.24) is 9.80 Å². The van der Waals surface area contributed by atoms with Gasteiger partial charge in [-0.15, -0.1) is 17.9 Å². The lowest BCUT2D eigenvalue weighted by Crippen LogP contribution is -2.42. The minimum atomic E-state index is -0.440. The van der Waals surface area contributed by atoms with Crippen molar-refractivity contribution in [3.63, 3.8) is 0 Å². The Kier molecular flexibility index (Phi) is 7.89. The van der Waals surface area contributed by atoms with Crippen LogP contribution in [-0.2, 0) is 17.9 Å². The van der Waals surface area contributed by atoms with Crippen molar-refractivity contribution in [1.29, 1.82) is 0 Å². The van der Waals surface area contributed by atoms with Crippen molar-refractivity contribution in [2.75, 3.05) is 13.1 Å². The van der Waals surface area contributed by atoms with Gasteiger partial charge in [0, 0.05) is 23.5 Å². The first kappa shape index (κ1) is 23.3. The summed E-state index contributed by atoms with van der Waals surface area (Å²) in [5, 5.41) is 1.97. The molecule has 2 aromatic carbocycles. The van der Waals surface area contributed by atoms with Crippen LogP contribution in [0.2, 0.25) is 0 Å². The number of hydrogen-bond acceptors (Lipinski definition) is 3. The molecule has 2 amide bonds. The molecule has 0 aliphatic heterocycles. The Labute approximate surface area is 190 Å². The Morgan fingerprint density at radius 1 is 0.938 bits per heavy atom. The highest BCUT2D eigenvalue weighted by Gasteiger charge is 2.23. The molecule has 166 valence electrons. The molecule has 1 aromatic heterocycles. The predicted octanol–water partition coefficient (Wildman–Crippen LogP) is 5.19. The SMILES string of the molecule is C=CCN(CC(=O)N(Cc1ccc(F)cc1)Cc1sccc1C)C(=O)c1ccc(F)cc1. The number of halogens is 2. The molecule has 7 heteroatoms. The highest BCUT2D eigenvalue weighted by atomic mass is 32.1. The van der Waals surface area contributed by atoms with Crippen LogP contribution >= 0.6 is 11.3 Å². The van der Waals surface area contributed by atoms with Crippen molar-refractivity contribution in [3.05, 3.63) is 106 Å². The van der Waals surface area contributed by atoms with E-state index in [1.165, 1.54) is 41.3 Å². The van der Waals surface area contributed by atoms with Crippen molar-refractivity contribution in [3.8, 4) is 0 Å². The van der Waals surface area contributed by atoms with Gasteiger partial charge in [-0.25, -0.2) is 8.78 Å². The van der Waals surface area contributed by atoms with Crippen molar-refractivity contribution >= 4 is 23.2 Å². The zero-order valence-corrected chi connectivity index (χ0v) is 18.6. The van der Waals surface area contributed by atoms with Gasteiger partial charge >= 0.3 is 0 Å². The van der Waals surface area contributed by atoms with Crippen LogP contribution < -0.4 is 0 Å². The van der Waals surface area contributed by atoms with Crippen LogP contribution in [0.4, 0.5) is 8.78 Å². The summed E-state index contributed by atoms with van der Waals surface area (Å²) in [4.78, 5) is 30.3. The lowest BCUT2D eigenvalue weighted by Gasteiger charge is -2.27. The number of amides is 2. The van der Waals surface area contributed by atoms with Crippen molar-refractivity contribution in [2.24, 2.45) is 0 Å². The Hall–Kier alpha value is -3.32. The van der Waals surface area contributed by atoms with E-state index >= 15 is 0 Å². The van der Waals surface area contributed by atoms with Gasteiger partial charge in [-0.2, -0.15) is 0 Å². The third-order valence-electron chi connectivity index (χ3n) is 5.00. The summed E-state index contributed by atoms with van der Waals surface area (Å²) >= 11 is 1.56. The minimum absolute atomic E-state index is 0.159. The molecule has 1 heterocycles. The van der Waals surface area contributed by atoms with E-state index < -0.39 is 5.82 Å². The van der Waals surface area contributed by atoms with Crippen LogP contribution in [0.5, 0.6) is 0 Å². The standard InChI is InChI=1S/C25H24F2N2O2S/c1-3-13-28(25(31)20-6-10-22(27)11-7-20)17-24(30)29(16-23-18(2)12-14-32-23)15-19-4-8-21(26)9-5-19/h3-12,14H,1,13,15-17H2,2H3. The molecule has 0 radical (unpaired) electrons. The van der Waals surface area contributed by atoms with E-state index in [0.29, 0.717) is 12.1 Å². The maximum Gasteiger partial charge on any atom is 0.254 e. The van der Waals surface area contributed by atoms with E-state index in [-0.39, 0.29) is 37.3 Å².